The van der Waals surface area contributed by atoms with E-state index in [9.17, 15) is 10.2 Å². The van der Waals surface area contributed by atoms with Gasteiger partial charge in [0.1, 0.15) is 0 Å². The molecule has 0 unspecified atom stereocenters. The van der Waals surface area contributed by atoms with Gasteiger partial charge in [0.15, 0.2) is 0 Å². The average molecular weight is 365 g/mol. The Bertz CT molecular complexity index is 608. The average Bonchev–Trinajstić information content (AvgIpc) is 2.60. The van der Waals surface area contributed by atoms with Crippen LogP contribution in [0.25, 0.3) is 0 Å². The fraction of sp³-hybridized carbons (Fsp3) is 0.444. The molecule has 0 radical (unpaired) electrons. The van der Waals surface area contributed by atoms with Crippen LogP contribution in [0.15, 0.2) is 24.5 Å². The highest BCUT2D eigenvalue weighted by Crippen LogP contribution is 2.24. The van der Waals surface area contributed by atoms with Gasteiger partial charge in [0.05, 0.1) is 13.2 Å². The molecule has 24 heavy (non-hydrogen) atoms. The second-order valence-electron chi connectivity index (χ2n) is 5.64. The first-order chi connectivity index (χ1) is 11.6. The number of nitrogens with zero attached hydrogens (tertiary/aromatic N) is 2. The number of aliphatic hydroxyl groups excluding tert-OH is 2. The molecule has 0 saturated heterocycles. The van der Waals surface area contributed by atoms with Crippen molar-refractivity contribution in [3.8, 4) is 0 Å². The molecule has 0 aliphatic heterocycles. The minimum Gasteiger partial charge on any atom is -0.392 e. The van der Waals surface area contributed by atoms with Crippen LogP contribution in [0.5, 0.6) is 0 Å². The van der Waals surface area contributed by atoms with Gasteiger partial charge < -0.3 is 10.2 Å². The van der Waals surface area contributed by atoms with Gasteiger partial charge in [-0.3, -0.25) is 9.97 Å². The number of pyridine rings is 2. The van der Waals surface area contributed by atoms with Crippen LogP contribution in [-0.4, -0.2) is 31.7 Å². The quantitative estimate of drug-likeness (QED) is 0.526. The van der Waals surface area contributed by atoms with Gasteiger partial charge in [-0.15, -0.1) is 0 Å². The van der Waals surface area contributed by atoms with Crippen LogP contribution in [-0.2, 0) is 26.1 Å². The topological polar surface area (TPSA) is 66.2 Å². The zero-order valence-electron chi connectivity index (χ0n) is 14.2. The van der Waals surface area contributed by atoms with E-state index in [0.29, 0.717) is 0 Å². The molecular weight excluding hydrogens is 340 g/mol. The Hall–Kier alpha value is -1.08. The molecule has 0 bridgehead atoms. The van der Waals surface area contributed by atoms with Crippen molar-refractivity contribution in [1.82, 2.24) is 9.97 Å². The third kappa shape index (κ3) is 5.77. The standard InChI is InChI=1S/C18H24N2O2S2/c1-13-17(11-21)7-15(9-19-13)3-5-23-24-6-4-16-8-18(12-22)14(2)20-10-16/h7-10,21-22H,3-6,11-12H2,1-2H3. The van der Waals surface area contributed by atoms with E-state index >= 15 is 0 Å². The summed E-state index contributed by atoms with van der Waals surface area (Å²) >= 11 is 0. The summed E-state index contributed by atoms with van der Waals surface area (Å²) in [6, 6.07) is 4.09. The van der Waals surface area contributed by atoms with Crippen molar-refractivity contribution >= 4 is 21.6 Å². The van der Waals surface area contributed by atoms with Crippen LogP contribution in [0, 0.1) is 13.8 Å². The molecule has 0 aliphatic carbocycles. The Morgan fingerprint density at radius 2 is 1.21 bits per heavy atom. The Morgan fingerprint density at radius 1 is 0.792 bits per heavy atom. The molecule has 4 nitrogen and oxygen atoms in total. The van der Waals surface area contributed by atoms with E-state index in [-0.39, 0.29) is 13.2 Å². The Balaban J connectivity index is 1.68. The van der Waals surface area contributed by atoms with Crippen LogP contribution >= 0.6 is 21.6 Å². The third-order valence-electron chi connectivity index (χ3n) is 3.87. The minimum absolute atomic E-state index is 0.0506. The van der Waals surface area contributed by atoms with Gasteiger partial charge in [0.2, 0.25) is 0 Å². The van der Waals surface area contributed by atoms with Gasteiger partial charge in [-0.1, -0.05) is 33.7 Å². The maximum absolute atomic E-state index is 9.28. The lowest BCUT2D eigenvalue weighted by Gasteiger charge is -2.07. The molecule has 0 spiro atoms. The van der Waals surface area contributed by atoms with Gasteiger partial charge in [0, 0.05) is 35.3 Å². The molecule has 2 N–H and O–H groups in total. The van der Waals surface area contributed by atoms with Gasteiger partial charge in [-0.05, 0) is 48.9 Å². The molecule has 2 heterocycles. The molecule has 2 aromatic heterocycles. The molecule has 6 heteroatoms. The third-order valence-corrected chi connectivity index (χ3v) is 6.28. The summed E-state index contributed by atoms with van der Waals surface area (Å²) in [7, 11) is 3.71. The van der Waals surface area contributed by atoms with E-state index in [2.05, 4.69) is 9.97 Å². The summed E-state index contributed by atoms with van der Waals surface area (Å²) in [4.78, 5) is 8.65. The largest absolute Gasteiger partial charge is 0.392 e. The minimum atomic E-state index is 0.0506. The lowest BCUT2D eigenvalue weighted by atomic mass is 10.1. The molecular formula is C18H24N2O2S2. The predicted molar refractivity (Wildman–Crippen MR) is 102 cm³/mol. The van der Waals surface area contributed by atoms with Crippen molar-refractivity contribution in [3.05, 3.63) is 58.2 Å². The van der Waals surface area contributed by atoms with Gasteiger partial charge in [-0.25, -0.2) is 0 Å². The summed E-state index contributed by atoms with van der Waals surface area (Å²) < 4.78 is 0. The Morgan fingerprint density at radius 3 is 1.58 bits per heavy atom. The highest BCUT2D eigenvalue weighted by Gasteiger charge is 2.03. The maximum Gasteiger partial charge on any atom is 0.0699 e. The highest BCUT2D eigenvalue weighted by atomic mass is 33.1. The molecule has 0 amide bonds. The van der Waals surface area contributed by atoms with E-state index in [1.807, 2.05) is 60.0 Å². The highest BCUT2D eigenvalue weighted by molar-refractivity contribution is 8.76. The second kappa shape index (κ2) is 10.0. The van der Waals surface area contributed by atoms with Gasteiger partial charge >= 0.3 is 0 Å². The van der Waals surface area contributed by atoms with Crippen molar-refractivity contribution in [3.63, 3.8) is 0 Å². The molecule has 2 aromatic rings. The summed E-state index contributed by atoms with van der Waals surface area (Å²) in [5, 5.41) is 18.6. The first-order valence-corrected chi connectivity index (χ1v) is 10.5. The smallest absolute Gasteiger partial charge is 0.0699 e. The number of rotatable bonds is 9. The Kier molecular flexibility index (Phi) is 8.05. The van der Waals surface area contributed by atoms with E-state index in [1.165, 1.54) is 11.1 Å². The zero-order chi connectivity index (χ0) is 17.4. The number of hydrogen-bond donors (Lipinski definition) is 2. The normalized spacial score (nSPS) is 11.0. The summed E-state index contributed by atoms with van der Waals surface area (Å²) in [5.74, 6) is 2.04. The second-order valence-corrected chi connectivity index (χ2v) is 8.34. The van der Waals surface area contributed by atoms with E-state index in [0.717, 1.165) is 46.9 Å². The van der Waals surface area contributed by atoms with Gasteiger partial charge in [0.25, 0.3) is 0 Å². The van der Waals surface area contributed by atoms with E-state index < -0.39 is 0 Å². The van der Waals surface area contributed by atoms with Crippen LogP contribution < -0.4 is 0 Å². The molecule has 0 atom stereocenters. The van der Waals surface area contributed by atoms with Crippen molar-refractivity contribution < 1.29 is 10.2 Å². The summed E-state index contributed by atoms with van der Waals surface area (Å²) in [6.45, 7) is 3.94. The first kappa shape index (κ1) is 19.2. The lowest BCUT2D eigenvalue weighted by Crippen LogP contribution is -1.98. The first-order valence-electron chi connectivity index (χ1n) is 7.99. The van der Waals surface area contributed by atoms with Gasteiger partial charge in [-0.2, -0.15) is 0 Å². The monoisotopic (exact) mass is 364 g/mol. The van der Waals surface area contributed by atoms with Crippen LogP contribution in [0.4, 0.5) is 0 Å². The fourth-order valence-electron chi connectivity index (χ4n) is 2.29. The van der Waals surface area contributed by atoms with Crippen LogP contribution in [0.1, 0.15) is 33.6 Å². The SMILES string of the molecule is Cc1ncc(CCSSCCc2cnc(C)c(CO)c2)cc1CO. The molecule has 2 rings (SSSR count). The molecule has 130 valence electrons. The summed E-state index contributed by atoms with van der Waals surface area (Å²) in [5.41, 5.74) is 5.98. The maximum atomic E-state index is 9.28. The molecule has 0 aliphatic rings. The van der Waals surface area contributed by atoms with Crippen LogP contribution in [0.2, 0.25) is 0 Å². The fourth-order valence-corrected chi connectivity index (χ4v) is 4.37. The van der Waals surface area contributed by atoms with Crippen molar-refractivity contribution in [2.75, 3.05) is 11.5 Å². The van der Waals surface area contributed by atoms with Crippen molar-refractivity contribution in [1.29, 1.82) is 0 Å². The zero-order valence-corrected chi connectivity index (χ0v) is 15.8. The number of aliphatic hydroxyl groups is 2. The molecule has 0 fully saturated rings. The Labute approximate surface area is 151 Å². The number of aryl methyl sites for hydroxylation is 4. The van der Waals surface area contributed by atoms with Crippen molar-refractivity contribution in [2.45, 2.75) is 39.9 Å². The van der Waals surface area contributed by atoms with Crippen LogP contribution in [0.3, 0.4) is 0 Å². The molecule has 0 aromatic carbocycles. The number of hydrogen-bond acceptors (Lipinski definition) is 6. The van der Waals surface area contributed by atoms with E-state index in [1.54, 1.807) is 0 Å². The lowest BCUT2D eigenvalue weighted by molar-refractivity contribution is 0.280. The predicted octanol–water partition coefficient (Wildman–Crippen LogP) is 3.24. The number of aromatic nitrogens is 2. The summed E-state index contributed by atoms with van der Waals surface area (Å²) in [6.07, 6.45) is 5.71. The molecule has 0 saturated carbocycles. The van der Waals surface area contributed by atoms with Crippen molar-refractivity contribution in [2.24, 2.45) is 0 Å². The van der Waals surface area contributed by atoms with E-state index in [4.69, 9.17) is 0 Å².